The molecule has 1 saturated heterocycles. The summed E-state index contributed by atoms with van der Waals surface area (Å²) in [5.41, 5.74) is 5.79. The Morgan fingerprint density at radius 1 is 1.65 bits per heavy atom. The van der Waals surface area contributed by atoms with E-state index < -0.39 is 23.9 Å². The van der Waals surface area contributed by atoms with Crippen molar-refractivity contribution in [3.8, 4) is 0 Å². The standard InChI is InChI=1S/C10H15N3O4/c1-4-9(11)13-10(16)8(12-4)6-2-5(15)7(3-14)17-6/h5-7,14-15H,2-3H2,1H3,(H3,11,13,16)/t5?,6-,7+/m0/s1. The maximum absolute atomic E-state index is 11.7. The largest absolute Gasteiger partial charge is 0.394 e. The Balaban J connectivity index is 2.30. The number of hydrogen-bond donors (Lipinski definition) is 4. The monoisotopic (exact) mass is 241 g/mol. The zero-order valence-electron chi connectivity index (χ0n) is 9.38. The van der Waals surface area contributed by atoms with Gasteiger partial charge in [-0.05, 0) is 6.92 Å². The van der Waals surface area contributed by atoms with E-state index in [1.807, 2.05) is 0 Å². The molecule has 0 aromatic carbocycles. The Morgan fingerprint density at radius 2 is 2.35 bits per heavy atom. The maximum atomic E-state index is 11.7. The summed E-state index contributed by atoms with van der Waals surface area (Å²) in [6.07, 6.45) is -1.82. The van der Waals surface area contributed by atoms with Crippen molar-refractivity contribution in [2.24, 2.45) is 0 Å². The molecule has 0 amide bonds. The van der Waals surface area contributed by atoms with Crippen LogP contribution in [-0.4, -0.2) is 39.0 Å². The number of rotatable bonds is 2. The predicted octanol–water partition coefficient (Wildman–Crippen LogP) is -1.16. The molecule has 3 atom stereocenters. The summed E-state index contributed by atoms with van der Waals surface area (Å²) in [5, 5.41) is 18.5. The molecular formula is C10H15N3O4. The van der Waals surface area contributed by atoms with Crippen LogP contribution in [0.2, 0.25) is 0 Å². The highest BCUT2D eigenvalue weighted by Crippen LogP contribution is 2.30. The molecule has 5 N–H and O–H groups in total. The Hall–Kier alpha value is -1.44. The van der Waals surface area contributed by atoms with Crippen molar-refractivity contribution in [2.75, 3.05) is 12.3 Å². The average Bonchev–Trinajstić information content (AvgIpc) is 2.65. The van der Waals surface area contributed by atoms with Gasteiger partial charge in [-0.25, -0.2) is 4.98 Å². The minimum absolute atomic E-state index is 0.187. The molecule has 2 rings (SSSR count). The van der Waals surface area contributed by atoms with Crippen molar-refractivity contribution in [1.82, 2.24) is 9.97 Å². The van der Waals surface area contributed by atoms with Gasteiger partial charge < -0.3 is 25.7 Å². The minimum Gasteiger partial charge on any atom is -0.394 e. The first kappa shape index (κ1) is 12.0. The number of aliphatic hydroxyl groups is 2. The van der Waals surface area contributed by atoms with Crippen LogP contribution in [0.3, 0.4) is 0 Å². The molecule has 0 radical (unpaired) electrons. The van der Waals surface area contributed by atoms with Crippen molar-refractivity contribution in [3.63, 3.8) is 0 Å². The van der Waals surface area contributed by atoms with Crippen LogP contribution in [0.15, 0.2) is 4.79 Å². The summed E-state index contributed by atoms with van der Waals surface area (Å²) in [7, 11) is 0. The fourth-order valence-electron chi connectivity index (χ4n) is 1.86. The molecule has 0 aliphatic carbocycles. The van der Waals surface area contributed by atoms with Crippen LogP contribution in [0, 0.1) is 6.92 Å². The zero-order valence-corrected chi connectivity index (χ0v) is 9.38. The molecule has 7 nitrogen and oxygen atoms in total. The van der Waals surface area contributed by atoms with Crippen molar-refractivity contribution in [3.05, 3.63) is 21.7 Å². The molecule has 0 saturated carbocycles. The van der Waals surface area contributed by atoms with E-state index in [2.05, 4.69) is 9.97 Å². The van der Waals surface area contributed by atoms with E-state index in [0.717, 1.165) is 0 Å². The molecule has 1 aliphatic rings. The summed E-state index contributed by atoms with van der Waals surface area (Å²) < 4.78 is 5.36. The van der Waals surface area contributed by atoms with Gasteiger partial charge in [0.25, 0.3) is 5.56 Å². The van der Waals surface area contributed by atoms with Crippen LogP contribution in [-0.2, 0) is 4.74 Å². The lowest BCUT2D eigenvalue weighted by molar-refractivity contribution is -0.0239. The molecule has 94 valence electrons. The Morgan fingerprint density at radius 3 is 2.94 bits per heavy atom. The number of anilines is 1. The first-order valence-corrected chi connectivity index (χ1v) is 5.33. The van der Waals surface area contributed by atoms with Gasteiger partial charge in [-0.3, -0.25) is 4.79 Å². The fraction of sp³-hybridized carbons (Fsp3) is 0.600. The van der Waals surface area contributed by atoms with E-state index in [1.165, 1.54) is 0 Å². The number of aromatic amines is 1. The molecule has 1 unspecified atom stereocenters. The molecule has 1 aliphatic heterocycles. The first-order chi connectivity index (χ1) is 8.02. The number of nitrogens with one attached hydrogen (secondary N) is 1. The Kier molecular flexibility index (Phi) is 3.14. The summed E-state index contributed by atoms with van der Waals surface area (Å²) in [6, 6.07) is 0. The van der Waals surface area contributed by atoms with Crippen LogP contribution >= 0.6 is 0 Å². The normalized spacial score (nSPS) is 28.5. The van der Waals surface area contributed by atoms with Gasteiger partial charge in [-0.1, -0.05) is 0 Å². The van der Waals surface area contributed by atoms with Crippen LogP contribution < -0.4 is 11.3 Å². The van der Waals surface area contributed by atoms with Crippen LogP contribution in [0.25, 0.3) is 0 Å². The molecule has 7 heteroatoms. The summed E-state index contributed by atoms with van der Waals surface area (Å²) >= 11 is 0. The predicted molar refractivity (Wildman–Crippen MR) is 59.3 cm³/mol. The second kappa shape index (κ2) is 4.44. The lowest BCUT2D eigenvalue weighted by atomic mass is 10.1. The van der Waals surface area contributed by atoms with E-state index in [1.54, 1.807) is 6.92 Å². The minimum atomic E-state index is -0.788. The van der Waals surface area contributed by atoms with Crippen molar-refractivity contribution in [2.45, 2.75) is 31.7 Å². The van der Waals surface area contributed by atoms with Gasteiger partial charge >= 0.3 is 0 Å². The van der Waals surface area contributed by atoms with Gasteiger partial charge in [0.05, 0.1) is 18.4 Å². The number of aryl methyl sites for hydroxylation is 1. The second-order valence-corrected chi connectivity index (χ2v) is 4.10. The number of hydrogen-bond acceptors (Lipinski definition) is 6. The smallest absolute Gasteiger partial charge is 0.273 e. The number of nitrogens with two attached hydrogens (primary N) is 1. The third-order valence-corrected chi connectivity index (χ3v) is 2.87. The fourth-order valence-corrected chi connectivity index (χ4v) is 1.86. The van der Waals surface area contributed by atoms with Gasteiger partial charge in [0.15, 0.2) is 0 Å². The van der Waals surface area contributed by atoms with Gasteiger partial charge in [0.1, 0.15) is 23.7 Å². The van der Waals surface area contributed by atoms with Crippen LogP contribution in [0.5, 0.6) is 0 Å². The lowest BCUT2D eigenvalue weighted by Gasteiger charge is -2.11. The molecule has 1 aromatic heterocycles. The van der Waals surface area contributed by atoms with E-state index >= 15 is 0 Å². The highest BCUT2D eigenvalue weighted by molar-refractivity contribution is 5.33. The number of nitrogen functional groups attached to an aromatic ring is 1. The van der Waals surface area contributed by atoms with Crippen LogP contribution in [0.1, 0.15) is 23.9 Å². The molecule has 0 spiro atoms. The van der Waals surface area contributed by atoms with Crippen molar-refractivity contribution >= 4 is 5.82 Å². The molecule has 1 aromatic rings. The molecule has 2 heterocycles. The van der Waals surface area contributed by atoms with E-state index in [4.69, 9.17) is 15.6 Å². The third-order valence-electron chi connectivity index (χ3n) is 2.87. The highest BCUT2D eigenvalue weighted by atomic mass is 16.5. The zero-order chi connectivity index (χ0) is 12.6. The second-order valence-electron chi connectivity index (χ2n) is 4.10. The Labute approximate surface area is 97.3 Å². The molecular weight excluding hydrogens is 226 g/mol. The van der Waals surface area contributed by atoms with E-state index in [-0.39, 0.29) is 24.5 Å². The van der Waals surface area contributed by atoms with Crippen molar-refractivity contribution in [1.29, 1.82) is 0 Å². The summed E-state index contributed by atoms with van der Waals surface area (Å²) in [5.74, 6) is 0.219. The number of aliphatic hydroxyl groups excluding tert-OH is 2. The van der Waals surface area contributed by atoms with E-state index in [9.17, 15) is 9.90 Å². The van der Waals surface area contributed by atoms with Crippen LogP contribution in [0.4, 0.5) is 5.82 Å². The number of H-pyrrole nitrogens is 1. The number of nitrogens with zero attached hydrogens (tertiary/aromatic N) is 1. The van der Waals surface area contributed by atoms with Crippen molar-refractivity contribution < 1.29 is 14.9 Å². The molecule has 0 bridgehead atoms. The SMILES string of the molecule is Cc1nc([C@@H]2CC(O)[C@@H](CO)O2)c(=O)[nH]c1N. The maximum Gasteiger partial charge on any atom is 0.273 e. The first-order valence-electron chi connectivity index (χ1n) is 5.33. The Bertz CT molecular complexity index is 473. The molecule has 17 heavy (non-hydrogen) atoms. The topological polar surface area (TPSA) is 121 Å². The summed E-state index contributed by atoms with van der Waals surface area (Å²) in [6.45, 7) is 1.38. The third kappa shape index (κ3) is 2.17. The average molecular weight is 241 g/mol. The highest BCUT2D eigenvalue weighted by Gasteiger charge is 2.36. The number of ether oxygens (including phenoxy) is 1. The van der Waals surface area contributed by atoms with Gasteiger partial charge in [-0.2, -0.15) is 0 Å². The summed E-state index contributed by atoms with van der Waals surface area (Å²) in [4.78, 5) is 18.2. The van der Waals surface area contributed by atoms with E-state index in [0.29, 0.717) is 5.69 Å². The van der Waals surface area contributed by atoms with Gasteiger partial charge in [0.2, 0.25) is 0 Å². The quantitative estimate of drug-likeness (QED) is 0.518. The van der Waals surface area contributed by atoms with Gasteiger partial charge in [-0.15, -0.1) is 0 Å². The lowest BCUT2D eigenvalue weighted by Crippen LogP contribution is -2.24. The number of aromatic nitrogens is 2. The molecule has 1 fully saturated rings. The van der Waals surface area contributed by atoms with Gasteiger partial charge in [0, 0.05) is 6.42 Å².